The van der Waals surface area contributed by atoms with Crippen LogP contribution in [0.1, 0.15) is 23.5 Å². The second kappa shape index (κ2) is 4.34. The number of hydrogen-bond acceptors (Lipinski definition) is 5. The lowest BCUT2D eigenvalue weighted by Crippen LogP contribution is -2.32. The second-order valence-corrected chi connectivity index (χ2v) is 4.34. The fourth-order valence-corrected chi connectivity index (χ4v) is 2.18. The molecule has 1 atom stereocenters. The molecule has 0 aliphatic carbocycles. The van der Waals surface area contributed by atoms with Gasteiger partial charge in [-0.1, -0.05) is 12.1 Å². The lowest BCUT2D eigenvalue weighted by Gasteiger charge is -2.06. The average Bonchev–Trinajstić information content (AvgIpc) is 2.91. The Morgan fingerprint density at radius 3 is 3.00 bits per heavy atom. The van der Waals surface area contributed by atoms with Gasteiger partial charge in [-0.25, -0.2) is 9.78 Å². The van der Waals surface area contributed by atoms with Crippen molar-refractivity contribution in [2.24, 2.45) is 0 Å². The molecular weight excluding hydrogens is 232 g/mol. The van der Waals surface area contributed by atoms with Crippen LogP contribution >= 0.6 is 0 Å². The van der Waals surface area contributed by atoms with Crippen molar-refractivity contribution in [1.29, 1.82) is 0 Å². The van der Waals surface area contributed by atoms with Crippen molar-refractivity contribution < 1.29 is 9.21 Å². The third kappa shape index (κ3) is 1.82. The Hall–Kier alpha value is -2.01. The highest BCUT2D eigenvalue weighted by Gasteiger charge is 2.26. The van der Waals surface area contributed by atoms with E-state index in [9.17, 15) is 9.59 Å². The van der Waals surface area contributed by atoms with Crippen LogP contribution in [0.15, 0.2) is 33.5 Å². The summed E-state index contributed by atoms with van der Waals surface area (Å²) in [5.74, 6) is -0.339. The summed E-state index contributed by atoms with van der Waals surface area (Å²) in [6.45, 7) is 0.814. The highest BCUT2D eigenvalue weighted by atomic mass is 16.4. The number of hydrogen-bond donors (Lipinski definition) is 1. The van der Waals surface area contributed by atoms with Crippen LogP contribution < -0.4 is 10.9 Å². The van der Waals surface area contributed by atoms with Crippen LogP contribution in [0.3, 0.4) is 0 Å². The van der Waals surface area contributed by atoms with Gasteiger partial charge in [0, 0.05) is 0 Å². The van der Waals surface area contributed by atoms with E-state index in [1.54, 1.807) is 24.3 Å². The Morgan fingerprint density at radius 1 is 1.39 bits per heavy atom. The van der Waals surface area contributed by atoms with Crippen LogP contribution in [-0.2, 0) is 0 Å². The number of nitrogens with zero attached hydrogens (tertiary/aromatic N) is 1. The first kappa shape index (κ1) is 11.1. The molecule has 2 aromatic rings. The lowest BCUT2D eigenvalue weighted by molar-refractivity contribution is 0.0912. The molecular formula is C13H12N2O3. The first-order chi connectivity index (χ1) is 8.75. The van der Waals surface area contributed by atoms with E-state index in [0.29, 0.717) is 10.9 Å². The maximum absolute atomic E-state index is 12.1. The number of carbonyl (C=O) groups excluding carboxylic acids is 1. The monoisotopic (exact) mass is 244 g/mol. The Balaban J connectivity index is 2.07. The van der Waals surface area contributed by atoms with Gasteiger partial charge < -0.3 is 9.73 Å². The van der Waals surface area contributed by atoms with Crippen LogP contribution in [0.2, 0.25) is 0 Å². The minimum atomic E-state index is -0.512. The van der Waals surface area contributed by atoms with E-state index in [1.165, 1.54) is 0 Å². The van der Waals surface area contributed by atoms with Crippen LogP contribution in [0, 0.1) is 0 Å². The smallest absolute Gasteiger partial charge is 0.347 e. The summed E-state index contributed by atoms with van der Waals surface area (Å²) < 4.78 is 5.01. The van der Waals surface area contributed by atoms with Crippen molar-refractivity contribution in [1.82, 2.24) is 10.3 Å². The molecule has 0 radical (unpaired) electrons. The molecule has 0 unspecified atom stereocenters. The van der Waals surface area contributed by atoms with Gasteiger partial charge >= 0.3 is 5.63 Å². The van der Waals surface area contributed by atoms with Crippen molar-refractivity contribution in [2.75, 3.05) is 6.54 Å². The van der Waals surface area contributed by atoms with Crippen LogP contribution in [-0.4, -0.2) is 23.4 Å². The zero-order chi connectivity index (χ0) is 12.5. The van der Waals surface area contributed by atoms with Crippen molar-refractivity contribution in [3.8, 4) is 0 Å². The first-order valence-electron chi connectivity index (χ1n) is 5.93. The van der Waals surface area contributed by atoms with Crippen LogP contribution in [0.25, 0.3) is 10.9 Å². The zero-order valence-corrected chi connectivity index (χ0v) is 9.68. The molecule has 1 aromatic carbocycles. The van der Waals surface area contributed by atoms with Gasteiger partial charge in [-0.05, 0) is 31.5 Å². The van der Waals surface area contributed by atoms with E-state index in [0.717, 1.165) is 19.4 Å². The quantitative estimate of drug-likeness (QED) is 0.801. The van der Waals surface area contributed by atoms with E-state index in [1.807, 2.05) is 0 Å². The molecule has 1 aliphatic heterocycles. The molecule has 2 heterocycles. The Bertz CT molecular complexity index is 657. The standard InChI is InChI=1S/C13H12N2O3/c16-11(10-6-3-7-14-10)12-15-9-5-2-1-4-8(9)13(17)18-12/h1-2,4-5,10,14H,3,6-7H2/t10-/m0/s1. The second-order valence-electron chi connectivity index (χ2n) is 4.34. The number of Topliss-reactive ketones (excluding diaryl/α,β-unsaturated/α-hetero) is 1. The van der Waals surface area contributed by atoms with Gasteiger partial charge in [-0.15, -0.1) is 0 Å². The molecule has 1 aromatic heterocycles. The van der Waals surface area contributed by atoms with E-state index < -0.39 is 5.63 Å². The molecule has 5 nitrogen and oxygen atoms in total. The van der Waals surface area contributed by atoms with Crippen molar-refractivity contribution in [3.05, 3.63) is 40.6 Å². The van der Waals surface area contributed by atoms with Crippen molar-refractivity contribution in [3.63, 3.8) is 0 Å². The topological polar surface area (TPSA) is 72.2 Å². The molecule has 0 spiro atoms. The molecule has 0 bridgehead atoms. The molecule has 1 fully saturated rings. The molecule has 18 heavy (non-hydrogen) atoms. The molecule has 1 N–H and O–H groups in total. The van der Waals surface area contributed by atoms with Crippen LogP contribution in [0.4, 0.5) is 0 Å². The molecule has 3 rings (SSSR count). The lowest BCUT2D eigenvalue weighted by atomic mass is 10.1. The number of carbonyl (C=O) groups is 1. The molecule has 92 valence electrons. The Kier molecular flexibility index (Phi) is 2.68. The fourth-order valence-electron chi connectivity index (χ4n) is 2.18. The average molecular weight is 244 g/mol. The SMILES string of the molecule is O=C(c1nc2ccccc2c(=O)o1)[C@@H]1CCCN1. The van der Waals surface area contributed by atoms with E-state index in [4.69, 9.17) is 4.42 Å². The third-order valence-corrected chi connectivity index (χ3v) is 3.12. The maximum Gasteiger partial charge on any atom is 0.347 e. The van der Waals surface area contributed by atoms with Gasteiger partial charge in [0.15, 0.2) is 0 Å². The number of fused-ring (bicyclic) bond motifs is 1. The number of rotatable bonds is 2. The minimum absolute atomic E-state index is 0.0990. The van der Waals surface area contributed by atoms with E-state index in [-0.39, 0.29) is 17.7 Å². The summed E-state index contributed by atoms with van der Waals surface area (Å²) >= 11 is 0. The third-order valence-electron chi connectivity index (χ3n) is 3.12. The van der Waals surface area contributed by atoms with Gasteiger partial charge in [-0.3, -0.25) is 4.79 Å². The number of para-hydroxylation sites is 1. The van der Waals surface area contributed by atoms with Gasteiger partial charge in [0.25, 0.3) is 5.89 Å². The van der Waals surface area contributed by atoms with Crippen LogP contribution in [0.5, 0.6) is 0 Å². The number of ketones is 1. The Morgan fingerprint density at radius 2 is 2.22 bits per heavy atom. The molecule has 5 heteroatoms. The summed E-state index contributed by atoms with van der Waals surface area (Å²) in [4.78, 5) is 27.9. The number of aromatic nitrogens is 1. The van der Waals surface area contributed by atoms with Crippen molar-refractivity contribution >= 4 is 16.7 Å². The first-order valence-corrected chi connectivity index (χ1v) is 5.93. The highest BCUT2D eigenvalue weighted by Crippen LogP contribution is 2.13. The summed E-state index contributed by atoms with van der Waals surface area (Å²) in [6, 6.07) is 6.57. The van der Waals surface area contributed by atoms with E-state index in [2.05, 4.69) is 10.3 Å². The summed E-state index contributed by atoms with van der Waals surface area (Å²) in [5, 5.41) is 3.47. The van der Waals surface area contributed by atoms with E-state index >= 15 is 0 Å². The maximum atomic E-state index is 12.1. The normalized spacial score (nSPS) is 19.2. The zero-order valence-electron chi connectivity index (χ0n) is 9.68. The molecule has 0 saturated carbocycles. The molecule has 1 saturated heterocycles. The fraction of sp³-hybridized carbons (Fsp3) is 0.308. The number of benzene rings is 1. The van der Waals surface area contributed by atoms with Gasteiger partial charge in [0.05, 0.1) is 16.9 Å². The van der Waals surface area contributed by atoms with Gasteiger partial charge in [0.2, 0.25) is 5.78 Å². The molecule has 1 aliphatic rings. The predicted octanol–water partition coefficient (Wildman–Crippen LogP) is 1.12. The van der Waals surface area contributed by atoms with Gasteiger partial charge in [-0.2, -0.15) is 0 Å². The minimum Gasteiger partial charge on any atom is -0.400 e. The summed E-state index contributed by atoms with van der Waals surface area (Å²) in [7, 11) is 0. The largest absolute Gasteiger partial charge is 0.400 e. The van der Waals surface area contributed by atoms with Gasteiger partial charge in [0.1, 0.15) is 0 Å². The summed E-state index contributed by atoms with van der Waals surface area (Å²) in [5.41, 5.74) is -0.0166. The highest BCUT2D eigenvalue weighted by molar-refractivity contribution is 5.97. The Labute approximate surface area is 103 Å². The van der Waals surface area contributed by atoms with Crippen molar-refractivity contribution in [2.45, 2.75) is 18.9 Å². The predicted molar refractivity (Wildman–Crippen MR) is 65.6 cm³/mol. The molecule has 0 amide bonds. The summed E-state index contributed by atoms with van der Waals surface area (Å²) in [6.07, 6.45) is 1.71. The number of nitrogens with one attached hydrogen (secondary N) is 1.